The lowest BCUT2D eigenvalue weighted by Gasteiger charge is -2.33. The van der Waals surface area contributed by atoms with E-state index in [9.17, 15) is 28.1 Å². The summed E-state index contributed by atoms with van der Waals surface area (Å²) in [6.45, 7) is 0.145. The van der Waals surface area contributed by atoms with Crippen molar-refractivity contribution in [2.24, 2.45) is 0 Å². The van der Waals surface area contributed by atoms with Crippen molar-refractivity contribution in [3.63, 3.8) is 0 Å². The first-order chi connectivity index (χ1) is 12.2. The standard InChI is InChI=1S/C15H19N3O7S/c19-14(17-10-2-1-3-13(17)15(20)21)8-9-16-26(24,25)12-6-4-11(5-7-12)18(22)23/h4-7,13,16H,1-3,8-10H2,(H,20,21). The molecule has 0 aromatic heterocycles. The average Bonchev–Trinajstić information content (AvgIpc) is 2.61. The second-order valence-electron chi connectivity index (χ2n) is 5.84. The van der Waals surface area contributed by atoms with Crippen LogP contribution in [0.4, 0.5) is 5.69 Å². The summed E-state index contributed by atoms with van der Waals surface area (Å²) in [4.78, 5) is 34.5. The van der Waals surface area contributed by atoms with Gasteiger partial charge in [0.25, 0.3) is 5.69 Å². The van der Waals surface area contributed by atoms with Crippen molar-refractivity contribution in [3.8, 4) is 0 Å². The lowest BCUT2D eigenvalue weighted by Crippen LogP contribution is -2.48. The van der Waals surface area contributed by atoms with Crippen LogP contribution in [0, 0.1) is 10.1 Å². The summed E-state index contributed by atoms with van der Waals surface area (Å²) >= 11 is 0. The topological polar surface area (TPSA) is 147 Å². The van der Waals surface area contributed by atoms with Crippen LogP contribution in [-0.4, -0.2) is 54.4 Å². The largest absolute Gasteiger partial charge is 0.480 e. The summed E-state index contributed by atoms with van der Waals surface area (Å²) in [5, 5.41) is 19.8. The number of rotatable bonds is 7. The minimum absolute atomic E-state index is 0.156. The lowest BCUT2D eigenvalue weighted by atomic mass is 10.0. The van der Waals surface area contributed by atoms with Gasteiger partial charge in [-0.05, 0) is 31.4 Å². The van der Waals surface area contributed by atoms with E-state index in [1.54, 1.807) is 0 Å². The molecule has 0 saturated carbocycles. The fraction of sp³-hybridized carbons (Fsp3) is 0.467. The fourth-order valence-electron chi connectivity index (χ4n) is 2.75. The molecule has 1 aromatic rings. The van der Waals surface area contributed by atoms with Crippen LogP contribution in [0.5, 0.6) is 0 Å². The van der Waals surface area contributed by atoms with Gasteiger partial charge in [0.1, 0.15) is 6.04 Å². The Balaban J connectivity index is 1.94. The molecule has 1 amide bonds. The molecule has 1 unspecified atom stereocenters. The van der Waals surface area contributed by atoms with Gasteiger partial charge in [-0.15, -0.1) is 0 Å². The molecule has 11 heteroatoms. The Bertz CT molecular complexity index is 792. The number of amides is 1. The Morgan fingerprint density at radius 3 is 2.50 bits per heavy atom. The highest BCUT2D eigenvalue weighted by Crippen LogP contribution is 2.18. The Hall–Kier alpha value is -2.53. The SMILES string of the molecule is O=C(O)C1CCCCN1C(=O)CCNS(=O)(=O)c1ccc([N+](=O)[O-])cc1. The number of benzene rings is 1. The molecule has 0 spiro atoms. The normalized spacial score (nSPS) is 17.7. The van der Waals surface area contributed by atoms with E-state index in [2.05, 4.69) is 4.72 Å². The third kappa shape index (κ3) is 4.76. The fourth-order valence-corrected chi connectivity index (χ4v) is 3.78. The van der Waals surface area contributed by atoms with Gasteiger partial charge in [0, 0.05) is 31.6 Å². The molecule has 0 bridgehead atoms. The average molecular weight is 385 g/mol. The van der Waals surface area contributed by atoms with Crippen molar-refractivity contribution < 1.29 is 28.0 Å². The first-order valence-corrected chi connectivity index (χ1v) is 9.47. The Labute approximate surface area is 150 Å². The van der Waals surface area contributed by atoms with Crippen LogP contribution in [0.3, 0.4) is 0 Å². The predicted octanol–water partition coefficient (Wildman–Crippen LogP) is 0.729. The third-order valence-corrected chi connectivity index (χ3v) is 5.57. The minimum Gasteiger partial charge on any atom is -0.480 e. The highest BCUT2D eigenvalue weighted by atomic mass is 32.2. The molecule has 1 atom stereocenters. The van der Waals surface area contributed by atoms with Gasteiger partial charge in [-0.3, -0.25) is 14.9 Å². The maximum atomic E-state index is 12.2. The van der Waals surface area contributed by atoms with Crippen LogP contribution in [0.2, 0.25) is 0 Å². The monoisotopic (exact) mass is 385 g/mol. The molecule has 1 fully saturated rings. The minimum atomic E-state index is -3.92. The molecule has 1 aromatic carbocycles. The van der Waals surface area contributed by atoms with Gasteiger partial charge in [0.2, 0.25) is 15.9 Å². The Morgan fingerprint density at radius 2 is 1.92 bits per heavy atom. The molecule has 142 valence electrons. The van der Waals surface area contributed by atoms with Crippen LogP contribution >= 0.6 is 0 Å². The van der Waals surface area contributed by atoms with E-state index < -0.39 is 32.9 Å². The molecule has 0 aliphatic carbocycles. The summed E-state index contributed by atoms with van der Waals surface area (Å²) in [6.07, 6.45) is 1.66. The number of likely N-dealkylation sites (tertiary alicyclic amines) is 1. The molecule has 10 nitrogen and oxygen atoms in total. The highest BCUT2D eigenvalue weighted by Gasteiger charge is 2.31. The van der Waals surface area contributed by atoms with Crippen LogP contribution in [0.1, 0.15) is 25.7 Å². The second-order valence-corrected chi connectivity index (χ2v) is 7.60. The van der Waals surface area contributed by atoms with Crippen LogP contribution in [0.25, 0.3) is 0 Å². The number of hydrogen-bond acceptors (Lipinski definition) is 6. The number of non-ortho nitro benzene ring substituents is 1. The summed E-state index contributed by atoms with van der Waals surface area (Å²) in [5.74, 6) is -1.49. The smallest absolute Gasteiger partial charge is 0.326 e. The van der Waals surface area contributed by atoms with E-state index >= 15 is 0 Å². The number of hydrogen-bond donors (Lipinski definition) is 2. The van der Waals surface area contributed by atoms with Crippen molar-refractivity contribution in [1.29, 1.82) is 0 Å². The predicted molar refractivity (Wildman–Crippen MR) is 89.9 cm³/mol. The number of nitrogens with zero attached hydrogens (tertiary/aromatic N) is 2. The van der Waals surface area contributed by atoms with Gasteiger partial charge in [-0.25, -0.2) is 17.9 Å². The van der Waals surface area contributed by atoms with E-state index in [0.29, 0.717) is 19.4 Å². The highest BCUT2D eigenvalue weighted by molar-refractivity contribution is 7.89. The zero-order valence-corrected chi connectivity index (χ0v) is 14.6. The number of piperidine rings is 1. The van der Waals surface area contributed by atoms with E-state index in [-0.39, 0.29) is 23.5 Å². The molecule has 26 heavy (non-hydrogen) atoms. The van der Waals surface area contributed by atoms with Gasteiger partial charge in [-0.1, -0.05) is 0 Å². The number of nitro benzene ring substituents is 1. The van der Waals surface area contributed by atoms with Crippen LogP contribution < -0.4 is 4.72 Å². The summed E-state index contributed by atoms with van der Waals surface area (Å²) in [6, 6.07) is 3.49. The molecule has 1 aliphatic rings. The molecular weight excluding hydrogens is 366 g/mol. The number of sulfonamides is 1. The molecule has 1 aliphatic heterocycles. The van der Waals surface area contributed by atoms with Gasteiger partial charge >= 0.3 is 5.97 Å². The second kappa shape index (κ2) is 8.23. The van der Waals surface area contributed by atoms with Gasteiger partial charge in [0.15, 0.2) is 0 Å². The molecule has 2 N–H and O–H groups in total. The van der Waals surface area contributed by atoms with E-state index in [1.165, 1.54) is 4.90 Å². The number of nitro groups is 1. The summed E-state index contributed by atoms with van der Waals surface area (Å²) in [5.41, 5.74) is -0.232. The number of carbonyl (C=O) groups is 2. The number of carboxylic acids is 1. The molecule has 0 radical (unpaired) electrons. The summed E-state index contributed by atoms with van der Waals surface area (Å²) in [7, 11) is -3.92. The van der Waals surface area contributed by atoms with Crippen molar-refractivity contribution >= 4 is 27.6 Å². The molecule has 1 saturated heterocycles. The van der Waals surface area contributed by atoms with Gasteiger partial charge < -0.3 is 10.0 Å². The maximum Gasteiger partial charge on any atom is 0.326 e. The summed E-state index contributed by atoms with van der Waals surface area (Å²) < 4.78 is 26.5. The molecule has 1 heterocycles. The molecule has 2 rings (SSSR count). The van der Waals surface area contributed by atoms with Gasteiger partial charge in [-0.2, -0.15) is 0 Å². The zero-order valence-electron chi connectivity index (χ0n) is 13.8. The van der Waals surface area contributed by atoms with Gasteiger partial charge in [0.05, 0.1) is 9.82 Å². The van der Waals surface area contributed by atoms with E-state index in [4.69, 9.17) is 5.11 Å². The van der Waals surface area contributed by atoms with E-state index in [0.717, 1.165) is 30.7 Å². The number of carbonyl (C=O) groups excluding carboxylic acids is 1. The van der Waals surface area contributed by atoms with Crippen molar-refractivity contribution in [1.82, 2.24) is 9.62 Å². The quantitative estimate of drug-likeness (QED) is 0.519. The van der Waals surface area contributed by atoms with Crippen molar-refractivity contribution in [3.05, 3.63) is 34.4 Å². The lowest BCUT2D eigenvalue weighted by molar-refractivity contribution is -0.384. The number of aliphatic carboxylic acids is 1. The number of carboxylic acid groups (broad SMARTS) is 1. The number of nitrogens with one attached hydrogen (secondary N) is 1. The van der Waals surface area contributed by atoms with Crippen molar-refractivity contribution in [2.45, 2.75) is 36.6 Å². The van der Waals surface area contributed by atoms with Crippen LogP contribution in [0.15, 0.2) is 29.2 Å². The first kappa shape index (κ1) is 19.8. The molecular formula is C15H19N3O7S. The maximum absolute atomic E-state index is 12.2. The zero-order chi connectivity index (χ0) is 19.3. The first-order valence-electron chi connectivity index (χ1n) is 7.99. The Kier molecular flexibility index (Phi) is 6.27. The van der Waals surface area contributed by atoms with Crippen molar-refractivity contribution in [2.75, 3.05) is 13.1 Å². The Morgan fingerprint density at radius 1 is 1.27 bits per heavy atom. The third-order valence-electron chi connectivity index (χ3n) is 4.10. The van der Waals surface area contributed by atoms with Crippen LogP contribution in [-0.2, 0) is 19.6 Å². The van der Waals surface area contributed by atoms with E-state index in [1.807, 2.05) is 0 Å².